The maximum absolute atomic E-state index is 10.1. The average molecular weight is 417 g/mol. The van der Waals surface area contributed by atoms with Crippen LogP contribution in [0.3, 0.4) is 0 Å². The summed E-state index contributed by atoms with van der Waals surface area (Å²) in [5.41, 5.74) is 5.39. The molecule has 30 heavy (non-hydrogen) atoms. The van der Waals surface area contributed by atoms with Gasteiger partial charge in [0.25, 0.3) is 0 Å². The van der Waals surface area contributed by atoms with Gasteiger partial charge in [-0.2, -0.15) is 5.10 Å². The van der Waals surface area contributed by atoms with Gasteiger partial charge in [-0.1, -0.05) is 42.5 Å². The van der Waals surface area contributed by atoms with E-state index in [4.69, 9.17) is 12.2 Å². The highest BCUT2D eigenvalue weighted by molar-refractivity contribution is 7.80. The van der Waals surface area contributed by atoms with Crippen LogP contribution < -0.4 is 15.3 Å². The van der Waals surface area contributed by atoms with E-state index in [0.29, 0.717) is 17.2 Å². The molecule has 3 N–H and O–H groups in total. The first-order valence-corrected chi connectivity index (χ1v) is 9.90. The highest BCUT2D eigenvalue weighted by Gasteiger charge is 2.06. The van der Waals surface area contributed by atoms with Crippen molar-refractivity contribution in [3.8, 4) is 5.75 Å². The number of hydrogen-bond acceptors (Lipinski definition) is 3. The van der Waals surface area contributed by atoms with Crippen molar-refractivity contribution in [2.45, 2.75) is 6.54 Å². The number of nitrogens with one attached hydrogen (secondary N) is 2. The molecule has 0 bridgehead atoms. The summed E-state index contributed by atoms with van der Waals surface area (Å²) in [4.78, 5) is 0. The number of aromatic hydroxyl groups is 1. The fraction of sp³-hybridized carbons (Fsp3) is 0.0870. The van der Waals surface area contributed by atoms with Crippen LogP contribution in [0.4, 0.5) is 5.69 Å². The number of imidazole rings is 1. The zero-order valence-electron chi connectivity index (χ0n) is 16.5. The molecule has 0 fully saturated rings. The first kappa shape index (κ1) is 19.6. The molecule has 0 spiro atoms. The molecule has 0 atom stereocenters. The number of anilines is 1. The van der Waals surface area contributed by atoms with Crippen LogP contribution in [0.25, 0.3) is 10.8 Å². The van der Waals surface area contributed by atoms with Crippen molar-refractivity contribution >= 4 is 40.0 Å². The number of phenols is 1. The molecule has 4 aromatic rings. The number of hydrazone groups is 1. The van der Waals surface area contributed by atoms with Gasteiger partial charge in [0.15, 0.2) is 5.11 Å². The molecule has 3 aromatic carbocycles. The van der Waals surface area contributed by atoms with Gasteiger partial charge in [-0.05, 0) is 41.4 Å². The van der Waals surface area contributed by atoms with Crippen molar-refractivity contribution in [1.29, 1.82) is 0 Å². The highest BCUT2D eigenvalue weighted by atomic mass is 32.1. The second-order valence-electron chi connectivity index (χ2n) is 7.00. The Kier molecular flexibility index (Phi) is 5.72. The molecule has 1 heterocycles. The van der Waals surface area contributed by atoms with Crippen molar-refractivity contribution in [3.05, 3.63) is 90.5 Å². The molecule has 0 radical (unpaired) electrons. The van der Waals surface area contributed by atoms with Crippen molar-refractivity contribution < 1.29 is 9.67 Å². The lowest BCUT2D eigenvalue weighted by atomic mass is 10.1. The van der Waals surface area contributed by atoms with Gasteiger partial charge < -0.3 is 10.4 Å². The minimum absolute atomic E-state index is 0.162. The fourth-order valence-electron chi connectivity index (χ4n) is 3.26. The third-order valence-corrected chi connectivity index (χ3v) is 4.88. The Labute approximate surface area is 180 Å². The molecule has 0 aliphatic carbocycles. The van der Waals surface area contributed by atoms with Crippen LogP contribution in [0, 0.1) is 0 Å². The Morgan fingerprint density at radius 3 is 2.83 bits per heavy atom. The van der Waals surface area contributed by atoms with E-state index in [2.05, 4.69) is 32.5 Å². The van der Waals surface area contributed by atoms with Gasteiger partial charge in [-0.15, -0.1) is 0 Å². The predicted molar refractivity (Wildman–Crippen MR) is 124 cm³/mol. The first-order valence-electron chi connectivity index (χ1n) is 9.49. The Balaban J connectivity index is 1.42. The molecule has 0 aliphatic heterocycles. The zero-order valence-corrected chi connectivity index (χ0v) is 17.3. The van der Waals surface area contributed by atoms with E-state index in [1.807, 2.05) is 72.8 Å². The normalized spacial score (nSPS) is 11.1. The lowest BCUT2D eigenvalue weighted by Gasteiger charge is -2.10. The number of phenolic OH excluding ortho intramolecular Hbond substituents is 1. The van der Waals surface area contributed by atoms with E-state index in [0.717, 1.165) is 22.0 Å². The third-order valence-electron chi connectivity index (χ3n) is 4.69. The second kappa shape index (κ2) is 8.75. The molecule has 150 valence electrons. The van der Waals surface area contributed by atoms with Crippen LogP contribution in [0.1, 0.15) is 11.1 Å². The maximum Gasteiger partial charge on any atom is 0.243 e. The van der Waals surface area contributed by atoms with E-state index in [9.17, 15) is 5.11 Å². The van der Waals surface area contributed by atoms with Gasteiger partial charge in [0, 0.05) is 16.6 Å². The molecule has 0 saturated heterocycles. The summed E-state index contributed by atoms with van der Waals surface area (Å²) in [6, 6.07) is 19.6. The third kappa shape index (κ3) is 4.64. The Bertz CT molecular complexity index is 1230. The quantitative estimate of drug-likeness (QED) is 0.202. The van der Waals surface area contributed by atoms with Gasteiger partial charge >= 0.3 is 0 Å². The van der Waals surface area contributed by atoms with Crippen molar-refractivity contribution in [3.63, 3.8) is 0 Å². The summed E-state index contributed by atoms with van der Waals surface area (Å²) >= 11 is 5.36. The molecule has 1 aromatic heterocycles. The smallest absolute Gasteiger partial charge is 0.243 e. The molecular formula is C23H22N5OS+. The Hall–Kier alpha value is -3.71. The molecule has 4 rings (SSSR count). The number of nitrogens with zero attached hydrogens (tertiary/aromatic N) is 3. The van der Waals surface area contributed by atoms with Crippen LogP contribution in [0.2, 0.25) is 0 Å². The number of thiocarbonyl (C=S) groups is 1. The van der Waals surface area contributed by atoms with E-state index in [-0.39, 0.29) is 5.75 Å². The fourth-order valence-corrected chi connectivity index (χ4v) is 3.42. The molecule has 0 unspecified atom stereocenters. The molecule has 0 saturated carbocycles. The van der Waals surface area contributed by atoms with Gasteiger partial charge in [-0.3, -0.25) is 5.43 Å². The van der Waals surface area contributed by atoms with E-state index in [1.165, 1.54) is 0 Å². The number of hydrogen-bond donors (Lipinski definition) is 3. The van der Waals surface area contributed by atoms with Gasteiger partial charge in [0.1, 0.15) is 24.7 Å². The number of aryl methyl sites for hydroxylation is 1. The molecule has 0 aliphatic rings. The minimum Gasteiger partial charge on any atom is -0.507 e. The maximum atomic E-state index is 10.1. The van der Waals surface area contributed by atoms with E-state index < -0.39 is 0 Å². The Morgan fingerprint density at radius 2 is 2.00 bits per heavy atom. The monoisotopic (exact) mass is 416 g/mol. The minimum atomic E-state index is 0.162. The van der Waals surface area contributed by atoms with Gasteiger partial charge in [0.2, 0.25) is 6.33 Å². The molecule has 6 nitrogen and oxygen atoms in total. The van der Waals surface area contributed by atoms with E-state index in [1.54, 1.807) is 12.3 Å². The number of benzene rings is 3. The van der Waals surface area contributed by atoms with Crippen LogP contribution in [-0.2, 0) is 13.6 Å². The SMILES string of the molecule is C[n+]1ccn(Cc2ccc(O)c(C=NNC(=S)Nc3cccc4ccccc34)c2)c1. The van der Waals surface area contributed by atoms with Crippen LogP contribution >= 0.6 is 12.2 Å². The number of aromatic nitrogens is 2. The largest absolute Gasteiger partial charge is 0.507 e. The molecule has 0 amide bonds. The van der Waals surface area contributed by atoms with Crippen LogP contribution in [-0.4, -0.2) is 21.0 Å². The standard InChI is InChI=1S/C23H21N5OS/c1-27-11-12-28(16-27)15-17-9-10-22(29)19(13-17)14-24-26-23(30)25-21-8-4-6-18-5-2-3-7-20(18)21/h2-14,16H,15H2,1H3,(H2-,24,25,26,29,30)/p+1. The summed E-state index contributed by atoms with van der Waals surface area (Å²) in [6.45, 7) is 0.705. The predicted octanol–water partition coefficient (Wildman–Crippen LogP) is 3.54. The van der Waals surface area contributed by atoms with Crippen LogP contribution in [0.5, 0.6) is 5.75 Å². The van der Waals surface area contributed by atoms with Crippen molar-refractivity contribution in [2.75, 3.05) is 5.32 Å². The summed E-state index contributed by atoms with van der Waals surface area (Å²) in [5.74, 6) is 0.162. The zero-order chi connectivity index (χ0) is 20.9. The topological polar surface area (TPSA) is 65.5 Å². The first-order chi connectivity index (χ1) is 14.6. The summed E-state index contributed by atoms with van der Waals surface area (Å²) in [5, 5.41) is 20.1. The molecular weight excluding hydrogens is 394 g/mol. The lowest BCUT2D eigenvalue weighted by Crippen LogP contribution is -2.24. The summed E-state index contributed by atoms with van der Waals surface area (Å²) < 4.78 is 4.05. The lowest BCUT2D eigenvalue weighted by molar-refractivity contribution is -0.671. The van der Waals surface area contributed by atoms with Gasteiger partial charge in [-0.25, -0.2) is 9.13 Å². The Morgan fingerprint density at radius 1 is 1.17 bits per heavy atom. The highest BCUT2D eigenvalue weighted by Crippen LogP contribution is 2.22. The number of rotatable bonds is 5. The average Bonchev–Trinajstić information content (AvgIpc) is 3.15. The van der Waals surface area contributed by atoms with Gasteiger partial charge in [0.05, 0.1) is 13.3 Å². The summed E-state index contributed by atoms with van der Waals surface area (Å²) in [6.07, 6.45) is 7.54. The summed E-state index contributed by atoms with van der Waals surface area (Å²) in [7, 11) is 1.98. The number of fused-ring (bicyclic) bond motifs is 1. The molecule has 7 heteroatoms. The van der Waals surface area contributed by atoms with Crippen molar-refractivity contribution in [1.82, 2.24) is 9.99 Å². The van der Waals surface area contributed by atoms with Crippen LogP contribution in [0.15, 0.2) is 84.5 Å². The van der Waals surface area contributed by atoms with E-state index >= 15 is 0 Å². The van der Waals surface area contributed by atoms with Crippen molar-refractivity contribution in [2.24, 2.45) is 12.1 Å². The second-order valence-corrected chi connectivity index (χ2v) is 7.40.